The van der Waals surface area contributed by atoms with Crippen LogP contribution in [0.25, 0.3) is 0 Å². The van der Waals surface area contributed by atoms with Crippen LogP contribution >= 0.6 is 0 Å². The molecule has 0 amide bonds. The Kier molecular flexibility index (Phi) is 24.3. The third-order valence-corrected chi connectivity index (χ3v) is 0. The Labute approximate surface area is 48.8 Å². The molecule has 0 aromatic heterocycles. The van der Waals surface area contributed by atoms with Gasteiger partial charge in [0, 0.05) is 0 Å². The Balaban J connectivity index is -0.0000000450. The quantitative estimate of drug-likeness (QED) is 0.331. The van der Waals surface area contributed by atoms with Crippen LogP contribution in [-0.2, 0) is 11.4 Å². The van der Waals surface area contributed by atoms with Crippen LogP contribution in [0.5, 0.6) is 0 Å². The van der Waals surface area contributed by atoms with Crippen LogP contribution in [-0.4, -0.2) is 30.7 Å². The predicted octanol–water partition coefficient (Wildman–Crippen LogP) is -1.01. The van der Waals surface area contributed by atoms with Gasteiger partial charge in [0.25, 0.3) is 0 Å². The van der Waals surface area contributed by atoms with E-state index in [4.69, 9.17) is 13.3 Å². The van der Waals surface area contributed by atoms with Gasteiger partial charge in [-0.05, 0) is 0 Å². The van der Waals surface area contributed by atoms with E-state index < -0.39 is 11.4 Å². The van der Waals surface area contributed by atoms with Crippen molar-refractivity contribution in [3.63, 3.8) is 0 Å². The Hall–Kier alpha value is 0.562. The van der Waals surface area contributed by atoms with E-state index in [1.807, 2.05) is 0 Å². The Morgan fingerprint density at radius 1 is 1.33 bits per heavy atom. The van der Waals surface area contributed by atoms with Crippen LogP contribution in [0.4, 0.5) is 0 Å². The second-order valence-corrected chi connectivity index (χ2v) is 0.612. The maximum absolute atomic E-state index is 8.44. The molecule has 6 heavy (non-hydrogen) atoms. The van der Waals surface area contributed by atoms with Gasteiger partial charge >= 0.3 is 17.4 Å². The van der Waals surface area contributed by atoms with Gasteiger partial charge in [0.15, 0.2) is 0 Å². The molecule has 0 radical (unpaired) electrons. The molecule has 4 N–H and O–H groups in total. The summed E-state index contributed by atoms with van der Waals surface area (Å²) < 4.78 is 25.3. The van der Waals surface area contributed by atoms with E-state index in [1.165, 1.54) is 0 Å². The molecule has 0 rings (SSSR count). The molecular weight excluding hydrogens is 121 g/mol. The molecule has 6 heteroatoms. The second kappa shape index (κ2) is 9.12. The summed E-state index contributed by atoms with van der Waals surface area (Å²) >= 11 is -3.11. The number of hydrogen-bond acceptors (Lipinski definition) is 3. The van der Waals surface area contributed by atoms with Crippen molar-refractivity contribution in [2.45, 2.75) is 0 Å². The Morgan fingerprint density at radius 2 is 1.33 bits per heavy atom. The van der Waals surface area contributed by atoms with E-state index >= 15 is 0 Å². The van der Waals surface area contributed by atoms with Gasteiger partial charge in [-0.15, -0.1) is 11.4 Å². The summed E-state index contributed by atoms with van der Waals surface area (Å²) in [5, 5.41) is 0. The van der Waals surface area contributed by atoms with Crippen LogP contribution in [0.3, 0.4) is 0 Å². The SMILES string of the molecule is O=S([O-])[O-].[Al+3].[NH4+]. The smallest absolute Gasteiger partial charge is 0.784 e. The van der Waals surface area contributed by atoms with Crippen molar-refractivity contribution in [1.29, 1.82) is 0 Å². The predicted molar refractivity (Wildman–Crippen MR) is 21.4 cm³/mol. The maximum Gasteiger partial charge on any atom is 3.00 e. The topological polar surface area (TPSA) is 99.7 Å². The molecule has 0 aromatic rings. The zero-order valence-corrected chi connectivity index (χ0v) is 5.18. The van der Waals surface area contributed by atoms with Gasteiger partial charge in [-0.25, -0.2) is 0 Å². The minimum Gasteiger partial charge on any atom is -0.784 e. The summed E-state index contributed by atoms with van der Waals surface area (Å²) in [5.41, 5.74) is 0. The van der Waals surface area contributed by atoms with Crippen LogP contribution in [0.15, 0.2) is 0 Å². The van der Waals surface area contributed by atoms with Crippen LogP contribution in [0.1, 0.15) is 0 Å². The fourth-order valence-electron chi connectivity index (χ4n) is 0. The van der Waals surface area contributed by atoms with E-state index in [0.29, 0.717) is 0 Å². The normalized spacial score (nSPS) is 5.83. The zero-order valence-electron chi connectivity index (χ0n) is 3.21. The molecular formula is H4AlNO3S+2. The van der Waals surface area contributed by atoms with Crippen molar-refractivity contribution in [3.8, 4) is 0 Å². The molecule has 0 aliphatic heterocycles. The first-order valence-corrected chi connectivity index (χ1v) is 1.50. The maximum atomic E-state index is 8.44. The van der Waals surface area contributed by atoms with Crippen molar-refractivity contribution >= 4 is 28.7 Å². The first-order valence-electron chi connectivity index (χ1n) is 0.500. The standard InChI is InChI=1S/Al.H3N.H2O3S/c;;1-4(2)3/h;1H3;(H2,1,2,3)/q+3;;/p-1. The van der Waals surface area contributed by atoms with E-state index in [9.17, 15) is 0 Å². The van der Waals surface area contributed by atoms with Gasteiger partial charge in [-0.1, -0.05) is 0 Å². The summed E-state index contributed by atoms with van der Waals surface area (Å²) in [7, 11) is 0. The number of rotatable bonds is 0. The van der Waals surface area contributed by atoms with Crippen molar-refractivity contribution in [3.05, 3.63) is 0 Å². The summed E-state index contributed by atoms with van der Waals surface area (Å²) in [6.07, 6.45) is 0. The van der Waals surface area contributed by atoms with E-state index in [1.54, 1.807) is 0 Å². The largest absolute Gasteiger partial charge is 3.00 e. The Morgan fingerprint density at radius 3 is 1.33 bits per heavy atom. The molecule has 0 spiro atoms. The number of hydrogen-bond donors (Lipinski definition) is 1. The monoisotopic (exact) mass is 125 g/mol. The molecule has 0 aromatic carbocycles. The van der Waals surface area contributed by atoms with E-state index in [2.05, 4.69) is 0 Å². The average molecular weight is 125 g/mol. The fraction of sp³-hybridized carbons (Fsp3) is 0. The van der Waals surface area contributed by atoms with Crippen molar-refractivity contribution in [2.75, 3.05) is 0 Å². The summed E-state index contributed by atoms with van der Waals surface area (Å²) in [6.45, 7) is 0. The van der Waals surface area contributed by atoms with Gasteiger partial charge < -0.3 is 15.3 Å². The van der Waals surface area contributed by atoms with E-state index in [-0.39, 0.29) is 23.5 Å². The average Bonchev–Trinajstić information content (AvgIpc) is 0.811. The molecule has 0 atom stereocenters. The molecule has 0 aliphatic carbocycles. The van der Waals surface area contributed by atoms with Crippen molar-refractivity contribution in [2.24, 2.45) is 0 Å². The van der Waals surface area contributed by atoms with Gasteiger partial charge in [0.2, 0.25) is 0 Å². The van der Waals surface area contributed by atoms with Gasteiger partial charge in [-0.2, -0.15) is 0 Å². The third-order valence-electron chi connectivity index (χ3n) is 0. The molecule has 0 bridgehead atoms. The molecule has 4 nitrogen and oxygen atoms in total. The second-order valence-electron chi connectivity index (χ2n) is 0.204. The van der Waals surface area contributed by atoms with Crippen LogP contribution in [0, 0.1) is 0 Å². The first kappa shape index (κ1) is 16.0. The fourth-order valence-corrected chi connectivity index (χ4v) is 0. The summed E-state index contributed by atoms with van der Waals surface area (Å²) in [4.78, 5) is 0. The Bertz CT molecular complexity index is 33.8. The number of quaternary nitrogens is 1. The molecule has 0 saturated carbocycles. The zero-order chi connectivity index (χ0) is 3.58. The van der Waals surface area contributed by atoms with Crippen molar-refractivity contribution < 1.29 is 13.3 Å². The molecule has 0 saturated heterocycles. The summed E-state index contributed by atoms with van der Waals surface area (Å²) in [6, 6.07) is 0. The van der Waals surface area contributed by atoms with Gasteiger partial charge in [0.1, 0.15) is 0 Å². The minimum absolute atomic E-state index is 0. The molecule has 0 fully saturated rings. The van der Waals surface area contributed by atoms with Gasteiger partial charge in [-0.3, -0.25) is 4.21 Å². The molecule has 0 unspecified atom stereocenters. The summed E-state index contributed by atoms with van der Waals surface area (Å²) in [5.74, 6) is 0. The van der Waals surface area contributed by atoms with Crippen LogP contribution in [0.2, 0.25) is 0 Å². The molecule has 0 heterocycles. The first-order chi connectivity index (χ1) is 1.73. The molecule has 34 valence electrons. The van der Waals surface area contributed by atoms with Crippen LogP contribution < -0.4 is 6.15 Å². The minimum atomic E-state index is -3.11. The third kappa shape index (κ3) is 183. The van der Waals surface area contributed by atoms with Crippen molar-refractivity contribution in [1.82, 2.24) is 6.15 Å². The van der Waals surface area contributed by atoms with E-state index in [0.717, 1.165) is 0 Å². The molecule has 0 aliphatic rings. The van der Waals surface area contributed by atoms with Gasteiger partial charge in [0.05, 0.1) is 0 Å².